The molecule has 2 N–H and O–H groups in total. The third-order valence-electron chi connectivity index (χ3n) is 2.52. The third-order valence-corrected chi connectivity index (χ3v) is 2.52. The van der Waals surface area contributed by atoms with Gasteiger partial charge in [-0.25, -0.2) is 0 Å². The van der Waals surface area contributed by atoms with E-state index in [-0.39, 0.29) is 5.41 Å². The maximum Gasteiger partial charge on any atom is 0.300 e. The molecule has 16 heavy (non-hydrogen) atoms. The van der Waals surface area contributed by atoms with E-state index in [0.717, 1.165) is 13.3 Å². The van der Waals surface area contributed by atoms with Gasteiger partial charge in [0.1, 0.15) is 0 Å². The lowest BCUT2D eigenvalue weighted by molar-refractivity contribution is -0.134. The Kier molecular flexibility index (Phi) is 5.86. The Balaban J connectivity index is 0.000000487. The number of carbonyl (C=O) groups is 1. The Morgan fingerprint density at radius 1 is 1.38 bits per heavy atom. The number of rotatable bonds is 1. The van der Waals surface area contributed by atoms with Crippen LogP contribution in [0.5, 0.6) is 0 Å². The van der Waals surface area contributed by atoms with E-state index in [2.05, 4.69) is 19.9 Å². The lowest BCUT2D eigenvalue weighted by atomic mass is 9.75. The van der Waals surface area contributed by atoms with E-state index in [9.17, 15) is 0 Å². The van der Waals surface area contributed by atoms with Gasteiger partial charge in [-0.15, -0.1) is 0 Å². The highest BCUT2D eigenvalue weighted by Gasteiger charge is 2.23. The quantitative estimate of drug-likeness (QED) is 0.670. The molecule has 0 radical (unpaired) electrons. The Morgan fingerprint density at radius 2 is 1.88 bits per heavy atom. The van der Waals surface area contributed by atoms with Gasteiger partial charge >= 0.3 is 0 Å². The van der Waals surface area contributed by atoms with Gasteiger partial charge < -0.3 is 10.2 Å². The van der Waals surface area contributed by atoms with Gasteiger partial charge in [0.05, 0.1) is 5.76 Å². The first kappa shape index (κ1) is 14.8. The zero-order valence-electron chi connectivity index (χ0n) is 10.6. The maximum atomic E-state index is 9.16. The van der Waals surface area contributed by atoms with E-state index in [1.165, 1.54) is 18.4 Å². The molecular weight excluding hydrogens is 204 g/mol. The monoisotopic (exact) mass is 226 g/mol. The topological polar surface area (TPSA) is 57.5 Å². The van der Waals surface area contributed by atoms with E-state index >= 15 is 0 Å². The summed E-state index contributed by atoms with van der Waals surface area (Å²) in [4.78, 5) is 9.00. The van der Waals surface area contributed by atoms with Crippen molar-refractivity contribution in [2.24, 2.45) is 5.41 Å². The van der Waals surface area contributed by atoms with Crippen molar-refractivity contribution in [2.75, 3.05) is 0 Å². The van der Waals surface area contributed by atoms with Gasteiger partial charge in [0, 0.05) is 6.92 Å². The van der Waals surface area contributed by atoms with Crippen LogP contribution in [-0.4, -0.2) is 16.2 Å². The van der Waals surface area contributed by atoms with Gasteiger partial charge in [0.15, 0.2) is 0 Å². The number of aliphatic hydroxyl groups is 1. The van der Waals surface area contributed by atoms with E-state index in [0.29, 0.717) is 5.76 Å². The first-order valence-corrected chi connectivity index (χ1v) is 5.53. The molecular formula is C13H22O3. The van der Waals surface area contributed by atoms with Gasteiger partial charge in [-0.2, -0.15) is 0 Å². The minimum absolute atomic E-state index is 0.252. The molecule has 0 spiro atoms. The number of hydrogen-bond acceptors (Lipinski definition) is 2. The van der Waals surface area contributed by atoms with Crippen molar-refractivity contribution in [3.63, 3.8) is 0 Å². The fourth-order valence-corrected chi connectivity index (χ4v) is 1.70. The fraction of sp³-hybridized carbons (Fsp3) is 0.615. The van der Waals surface area contributed by atoms with E-state index in [4.69, 9.17) is 15.0 Å². The van der Waals surface area contributed by atoms with Crippen LogP contribution in [-0.2, 0) is 4.79 Å². The van der Waals surface area contributed by atoms with E-state index in [1.807, 2.05) is 6.08 Å². The van der Waals surface area contributed by atoms with Crippen molar-refractivity contribution in [3.05, 3.63) is 23.5 Å². The molecule has 92 valence electrons. The summed E-state index contributed by atoms with van der Waals surface area (Å²) in [6, 6.07) is 0. The summed E-state index contributed by atoms with van der Waals surface area (Å²) in [6.45, 7) is 7.28. The molecule has 0 aromatic carbocycles. The second kappa shape index (κ2) is 6.36. The number of allylic oxidation sites excluding steroid dienone is 4. The molecule has 0 heterocycles. The van der Waals surface area contributed by atoms with Crippen LogP contribution in [0.2, 0.25) is 0 Å². The standard InChI is InChI=1S/C11H18O.C2H4O2/c1-9(12)8-10-6-4-5-7-11(10,2)3;1-2(3)4/h6,8,12H,4-5,7H2,1-3H3;1H3,(H,3,4). The summed E-state index contributed by atoms with van der Waals surface area (Å²) in [5.41, 5.74) is 1.54. The Labute approximate surface area is 97.5 Å². The molecule has 0 unspecified atom stereocenters. The summed E-state index contributed by atoms with van der Waals surface area (Å²) in [6.07, 6.45) is 7.78. The van der Waals surface area contributed by atoms with E-state index < -0.39 is 5.97 Å². The van der Waals surface area contributed by atoms with Crippen molar-refractivity contribution >= 4 is 5.97 Å². The number of carboxylic acid groups (broad SMARTS) is 1. The van der Waals surface area contributed by atoms with Crippen molar-refractivity contribution < 1.29 is 15.0 Å². The summed E-state index contributed by atoms with van der Waals surface area (Å²) >= 11 is 0. The molecule has 3 nitrogen and oxygen atoms in total. The largest absolute Gasteiger partial charge is 0.513 e. The van der Waals surface area contributed by atoms with Crippen molar-refractivity contribution in [3.8, 4) is 0 Å². The SMILES string of the molecule is CC(=O)O.CC(O)=CC1=CCCCC1(C)C. The summed E-state index contributed by atoms with van der Waals surface area (Å²) in [5.74, 6) is -0.420. The van der Waals surface area contributed by atoms with Crippen LogP contribution in [0, 0.1) is 5.41 Å². The van der Waals surface area contributed by atoms with Crippen LogP contribution in [0.25, 0.3) is 0 Å². The van der Waals surface area contributed by atoms with Crippen molar-refractivity contribution in [1.29, 1.82) is 0 Å². The smallest absolute Gasteiger partial charge is 0.300 e. The molecule has 1 aliphatic carbocycles. The Hall–Kier alpha value is -1.25. The zero-order chi connectivity index (χ0) is 12.8. The highest BCUT2D eigenvalue weighted by atomic mass is 16.4. The highest BCUT2D eigenvalue weighted by Crippen LogP contribution is 2.37. The van der Waals surface area contributed by atoms with Crippen LogP contribution >= 0.6 is 0 Å². The molecule has 0 atom stereocenters. The van der Waals surface area contributed by atoms with Crippen LogP contribution in [0.4, 0.5) is 0 Å². The van der Waals surface area contributed by atoms with Gasteiger partial charge in [-0.05, 0) is 43.3 Å². The number of hydrogen-bond donors (Lipinski definition) is 2. The highest BCUT2D eigenvalue weighted by molar-refractivity contribution is 5.62. The molecule has 0 aromatic rings. The lowest BCUT2D eigenvalue weighted by Crippen LogP contribution is -2.16. The van der Waals surface area contributed by atoms with Crippen LogP contribution in [0.3, 0.4) is 0 Å². The average molecular weight is 226 g/mol. The molecule has 3 heteroatoms. The van der Waals surface area contributed by atoms with Gasteiger partial charge in [0.25, 0.3) is 5.97 Å². The van der Waals surface area contributed by atoms with Crippen LogP contribution in [0.1, 0.15) is 47.0 Å². The Bertz CT molecular complexity index is 290. The van der Waals surface area contributed by atoms with Gasteiger partial charge in [-0.3, -0.25) is 4.79 Å². The molecule has 0 fully saturated rings. The molecule has 0 saturated carbocycles. The normalized spacial score (nSPS) is 19.2. The summed E-state index contributed by atoms with van der Waals surface area (Å²) in [5, 5.41) is 16.6. The van der Waals surface area contributed by atoms with Crippen LogP contribution < -0.4 is 0 Å². The minimum Gasteiger partial charge on any atom is -0.513 e. The second-order valence-electron chi connectivity index (χ2n) is 4.74. The first-order chi connectivity index (χ1) is 7.25. The lowest BCUT2D eigenvalue weighted by Gasteiger charge is -2.30. The van der Waals surface area contributed by atoms with Crippen LogP contribution in [0.15, 0.2) is 23.5 Å². The van der Waals surface area contributed by atoms with E-state index in [1.54, 1.807) is 6.92 Å². The molecule has 1 rings (SSSR count). The maximum absolute atomic E-state index is 9.16. The predicted octanol–water partition coefficient (Wildman–Crippen LogP) is 3.68. The van der Waals surface area contributed by atoms with Gasteiger partial charge in [-0.1, -0.05) is 19.9 Å². The zero-order valence-corrected chi connectivity index (χ0v) is 10.6. The summed E-state index contributed by atoms with van der Waals surface area (Å²) < 4.78 is 0. The molecule has 0 amide bonds. The minimum atomic E-state index is -0.833. The molecule has 0 saturated heterocycles. The average Bonchev–Trinajstić information content (AvgIpc) is 2.07. The summed E-state index contributed by atoms with van der Waals surface area (Å²) in [7, 11) is 0. The molecule has 0 bridgehead atoms. The Morgan fingerprint density at radius 3 is 2.25 bits per heavy atom. The first-order valence-electron chi connectivity index (χ1n) is 5.53. The number of aliphatic hydroxyl groups excluding tert-OH is 1. The number of aliphatic carboxylic acids is 1. The van der Waals surface area contributed by atoms with Crippen molar-refractivity contribution in [1.82, 2.24) is 0 Å². The molecule has 1 aliphatic rings. The predicted molar refractivity (Wildman–Crippen MR) is 65.4 cm³/mol. The van der Waals surface area contributed by atoms with Gasteiger partial charge in [0.2, 0.25) is 0 Å². The molecule has 0 aliphatic heterocycles. The fourth-order valence-electron chi connectivity index (χ4n) is 1.70. The second-order valence-corrected chi connectivity index (χ2v) is 4.74. The third kappa shape index (κ3) is 6.27. The van der Waals surface area contributed by atoms with Crippen molar-refractivity contribution in [2.45, 2.75) is 47.0 Å². The molecule has 0 aromatic heterocycles. The number of carboxylic acids is 1.